The molecule has 6 nitrogen and oxygen atoms in total. The number of nitrogens with one attached hydrogen (secondary N) is 1. The molecular weight excluding hydrogens is 304 g/mol. The Balaban J connectivity index is 1.72. The van der Waals surface area contributed by atoms with Crippen molar-refractivity contribution in [1.82, 2.24) is 14.8 Å². The number of imidazole rings is 1. The van der Waals surface area contributed by atoms with Crippen LogP contribution in [0, 0.1) is 6.92 Å². The second-order valence-electron chi connectivity index (χ2n) is 5.03. The van der Waals surface area contributed by atoms with Crippen molar-refractivity contribution in [3.63, 3.8) is 0 Å². The fraction of sp³-hybridized carbons (Fsp3) is 0.0556. The van der Waals surface area contributed by atoms with E-state index in [0.29, 0.717) is 17.1 Å². The molecule has 120 valence electrons. The van der Waals surface area contributed by atoms with Gasteiger partial charge in [-0.1, -0.05) is 12.6 Å². The van der Waals surface area contributed by atoms with Gasteiger partial charge in [0, 0.05) is 6.20 Å². The lowest BCUT2D eigenvalue weighted by Crippen LogP contribution is -2.20. The second-order valence-corrected chi connectivity index (χ2v) is 5.03. The molecule has 6 heteroatoms. The number of aryl methyl sites for hydroxylation is 1. The highest BCUT2D eigenvalue weighted by Gasteiger charge is 2.15. The number of nitrogens with zero attached hydrogens (tertiary/aromatic N) is 3. The zero-order valence-electron chi connectivity index (χ0n) is 13.1. The molecule has 1 N–H and O–H groups in total. The number of hydrazone groups is 1. The zero-order chi connectivity index (χ0) is 16.9. The largest absolute Gasteiger partial charge is 0.466 e. The Morgan fingerprint density at radius 2 is 2.08 bits per heavy atom. The number of hydrogen-bond acceptors (Lipinski definition) is 4. The van der Waals surface area contributed by atoms with Crippen LogP contribution in [0.5, 0.6) is 5.75 Å². The minimum absolute atomic E-state index is 0.311. The van der Waals surface area contributed by atoms with Crippen molar-refractivity contribution in [2.24, 2.45) is 5.10 Å². The van der Waals surface area contributed by atoms with Crippen molar-refractivity contribution in [2.45, 2.75) is 6.92 Å². The molecule has 0 aliphatic heterocycles. The summed E-state index contributed by atoms with van der Waals surface area (Å²) in [6, 6.07) is 12.8. The average molecular weight is 320 g/mol. The second kappa shape index (κ2) is 6.78. The van der Waals surface area contributed by atoms with Gasteiger partial charge in [0.25, 0.3) is 5.91 Å². The molecule has 24 heavy (non-hydrogen) atoms. The maximum Gasteiger partial charge on any atom is 0.290 e. The van der Waals surface area contributed by atoms with Crippen LogP contribution in [-0.2, 0) is 0 Å². The first kappa shape index (κ1) is 15.5. The third kappa shape index (κ3) is 3.17. The molecule has 0 aliphatic rings. The number of hydrogen-bond donors (Lipinski definition) is 1. The number of pyridine rings is 1. The van der Waals surface area contributed by atoms with Crippen molar-refractivity contribution in [3.05, 3.63) is 78.5 Å². The highest BCUT2D eigenvalue weighted by Crippen LogP contribution is 2.12. The Morgan fingerprint density at radius 1 is 1.29 bits per heavy atom. The fourth-order valence-electron chi connectivity index (χ4n) is 2.33. The molecule has 0 unspecified atom stereocenters. The maximum absolute atomic E-state index is 12.4. The molecule has 0 fully saturated rings. The average Bonchev–Trinajstić information content (AvgIpc) is 2.92. The van der Waals surface area contributed by atoms with Crippen molar-refractivity contribution in [3.8, 4) is 5.75 Å². The SMILES string of the molecule is C=COc1ccc(C=NNC(=O)c2c(C)nc3ccccn23)cc1. The highest BCUT2D eigenvalue weighted by molar-refractivity contribution is 5.95. The monoisotopic (exact) mass is 320 g/mol. The predicted molar refractivity (Wildman–Crippen MR) is 92.3 cm³/mol. The van der Waals surface area contributed by atoms with Gasteiger partial charge in [-0.15, -0.1) is 0 Å². The van der Waals surface area contributed by atoms with Crippen LogP contribution in [0.25, 0.3) is 5.65 Å². The van der Waals surface area contributed by atoms with Crippen molar-refractivity contribution >= 4 is 17.8 Å². The molecule has 0 radical (unpaired) electrons. The molecule has 2 heterocycles. The van der Waals surface area contributed by atoms with Crippen molar-refractivity contribution in [1.29, 1.82) is 0 Å². The summed E-state index contributed by atoms with van der Waals surface area (Å²) in [5, 5.41) is 3.99. The number of benzene rings is 1. The number of carbonyl (C=O) groups is 1. The molecule has 2 aromatic heterocycles. The molecule has 0 bridgehead atoms. The number of aromatic nitrogens is 2. The minimum atomic E-state index is -0.311. The van der Waals surface area contributed by atoms with E-state index < -0.39 is 0 Å². The molecule has 0 spiro atoms. The Morgan fingerprint density at radius 3 is 2.83 bits per heavy atom. The number of fused-ring (bicyclic) bond motifs is 1. The summed E-state index contributed by atoms with van der Waals surface area (Å²) in [6.45, 7) is 5.29. The van der Waals surface area contributed by atoms with Crippen LogP contribution >= 0.6 is 0 Å². The standard InChI is InChI=1S/C18H16N4O2/c1-3-24-15-9-7-14(8-10-15)12-19-21-18(23)17-13(2)20-16-6-4-5-11-22(16)17/h3-12H,1H2,2H3,(H,21,23). The Hall–Kier alpha value is -3.41. The molecule has 3 rings (SSSR count). The van der Waals surface area contributed by atoms with E-state index in [9.17, 15) is 4.79 Å². The maximum atomic E-state index is 12.4. The Bertz CT molecular complexity index is 910. The van der Waals surface area contributed by atoms with E-state index in [-0.39, 0.29) is 5.91 Å². The van der Waals surface area contributed by atoms with Crippen LogP contribution in [0.15, 0.2) is 66.6 Å². The number of amides is 1. The molecule has 3 aromatic rings. The molecular formula is C18H16N4O2. The van der Waals surface area contributed by atoms with Gasteiger partial charge in [0.05, 0.1) is 18.2 Å². The molecule has 0 atom stereocenters. The van der Waals surface area contributed by atoms with Gasteiger partial charge in [-0.25, -0.2) is 10.4 Å². The van der Waals surface area contributed by atoms with Crippen LogP contribution in [0.1, 0.15) is 21.7 Å². The van der Waals surface area contributed by atoms with Crippen LogP contribution in [0.2, 0.25) is 0 Å². The van der Waals surface area contributed by atoms with Crippen LogP contribution in [-0.4, -0.2) is 21.5 Å². The lowest BCUT2D eigenvalue weighted by molar-refractivity contribution is 0.0948. The van der Waals surface area contributed by atoms with E-state index in [1.54, 1.807) is 35.9 Å². The van der Waals surface area contributed by atoms with E-state index in [4.69, 9.17) is 4.74 Å². The number of carbonyl (C=O) groups excluding carboxylic acids is 1. The van der Waals surface area contributed by atoms with Crippen molar-refractivity contribution in [2.75, 3.05) is 0 Å². The van der Waals surface area contributed by atoms with Gasteiger partial charge >= 0.3 is 0 Å². The van der Waals surface area contributed by atoms with Crippen molar-refractivity contribution < 1.29 is 9.53 Å². The summed E-state index contributed by atoms with van der Waals surface area (Å²) in [7, 11) is 0. The Kier molecular flexibility index (Phi) is 4.38. The van der Waals surface area contributed by atoms with Gasteiger partial charge < -0.3 is 4.74 Å². The number of ether oxygens (including phenoxy) is 1. The topological polar surface area (TPSA) is 68.0 Å². The normalized spacial score (nSPS) is 10.9. The van der Waals surface area contributed by atoms with Gasteiger partial charge in [-0.3, -0.25) is 9.20 Å². The highest BCUT2D eigenvalue weighted by atomic mass is 16.5. The van der Waals surface area contributed by atoms with E-state index in [1.807, 2.05) is 30.3 Å². The van der Waals surface area contributed by atoms with E-state index in [1.165, 1.54) is 6.26 Å². The van der Waals surface area contributed by atoms with Gasteiger partial charge in [-0.05, 0) is 48.9 Å². The quantitative estimate of drug-likeness (QED) is 0.446. The van der Waals surface area contributed by atoms with Gasteiger partial charge in [0.15, 0.2) is 0 Å². The van der Waals surface area contributed by atoms with Crippen LogP contribution < -0.4 is 10.2 Å². The molecule has 0 saturated heterocycles. The third-order valence-electron chi connectivity index (χ3n) is 3.40. The summed E-state index contributed by atoms with van der Waals surface area (Å²) >= 11 is 0. The zero-order valence-corrected chi connectivity index (χ0v) is 13.1. The van der Waals surface area contributed by atoms with E-state index in [0.717, 1.165) is 11.2 Å². The van der Waals surface area contributed by atoms with Gasteiger partial charge in [-0.2, -0.15) is 5.10 Å². The first-order valence-electron chi connectivity index (χ1n) is 7.34. The van der Waals surface area contributed by atoms with Crippen LogP contribution in [0.3, 0.4) is 0 Å². The third-order valence-corrected chi connectivity index (χ3v) is 3.40. The van der Waals surface area contributed by atoms with Crippen LogP contribution in [0.4, 0.5) is 0 Å². The summed E-state index contributed by atoms with van der Waals surface area (Å²) in [4.78, 5) is 16.7. The predicted octanol–water partition coefficient (Wildman–Crippen LogP) is 2.93. The first-order valence-corrected chi connectivity index (χ1v) is 7.34. The van der Waals surface area contributed by atoms with Gasteiger partial charge in [0.1, 0.15) is 17.1 Å². The lowest BCUT2D eigenvalue weighted by Gasteiger charge is -2.02. The fourth-order valence-corrected chi connectivity index (χ4v) is 2.33. The summed E-state index contributed by atoms with van der Waals surface area (Å²) in [5.41, 5.74) is 5.21. The lowest BCUT2D eigenvalue weighted by atomic mass is 10.2. The first-order chi connectivity index (χ1) is 11.7. The summed E-state index contributed by atoms with van der Waals surface area (Å²) in [6.07, 6.45) is 4.72. The summed E-state index contributed by atoms with van der Waals surface area (Å²) < 4.78 is 6.88. The van der Waals surface area contributed by atoms with E-state index >= 15 is 0 Å². The van der Waals surface area contributed by atoms with Gasteiger partial charge in [0.2, 0.25) is 0 Å². The molecule has 0 aliphatic carbocycles. The Labute approximate surface area is 139 Å². The molecule has 1 aromatic carbocycles. The molecule has 0 saturated carbocycles. The molecule has 1 amide bonds. The summed E-state index contributed by atoms with van der Waals surface area (Å²) in [5.74, 6) is 0.376. The smallest absolute Gasteiger partial charge is 0.290 e. The minimum Gasteiger partial charge on any atom is -0.466 e. The number of rotatable bonds is 5. The van der Waals surface area contributed by atoms with E-state index in [2.05, 4.69) is 22.1 Å².